The van der Waals surface area contributed by atoms with E-state index < -0.39 is 5.97 Å². The summed E-state index contributed by atoms with van der Waals surface area (Å²) < 4.78 is 7.03. The maximum absolute atomic E-state index is 11.9. The van der Waals surface area contributed by atoms with Gasteiger partial charge in [0.05, 0.1) is 0 Å². The number of esters is 1. The van der Waals surface area contributed by atoms with Gasteiger partial charge in [0.25, 0.3) is 5.91 Å². The minimum atomic E-state index is -0.789. The number of hydrogen-bond donors (Lipinski definition) is 0. The monoisotopic (exact) mass is 317 g/mol. The third-order valence-electron chi connectivity index (χ3n) is 3.53. The molecule has 1 amide bonds. The fraction of sp³-hybridized carbons (Fsp3) is 0.471. The Morgan fingerprint density at radius 1 is 1.39 bits per heavy atom. The molecule has 0 bridgehead atoms. The van der Waals surface area contributed by atoms with Crippen molar-refractivity contribution in [3.8, 4) is 6.07 Å². The van der Waals surface area contributed by atoms with Crippen LogP contribution in [0.3, 0.4) is 0 Å². The lowest BCUT2D eigenvalue weighted by Gasteiger charge is -2.10. The van der Waals surface area contributed by atoms with Crippen LogP contribution in [0, 0.1) is 25.2 Å². The smallest absolute Gasteiger partial charge is 0.349 e. The normalized spacial score (nSPS) is 11.0. The summed E-state index contributed by atoms with van der Waals surface area (Å²) in [7, 11) is 3.14. The van der Waals surface area contributed by atoms with Crippen LogP contribution in [0.5, 0.6) is 0 Å². The Kier molecular flexibility index (Phi) is 6.58. The van der Waals surface area contributed by atoms with E-state index in [-0.39, 0.29) is 18.1 Å². The summed E-state index contributed by atoms with van der Waals surface area (Å²) in [5.74, 6) is -1.13. The summed E-state index contributed by atoms with van der Waals surface area (Å²) in [6.45, 7) is 6.54. The van der Waals surface area contributed by atoms with Crippen molar-refractivity contribution in [2.45, 2.75) is 33.7 Å². The van der Waals surface area contributed by atoms with Crippen molar-refractivity contribution in [1.29, 1.82) is 5.26 Å². The molecule has 124 valence electrons. The Labute approximate surface area is 136 Å². The first-order chi connectivity index (χ1) is 10.8. The van der Waals surface area contributed by atoms with E-state index in [0.717, 1.165) is 29.9 Å². The maximum atomic E-state index is 11.9. The van der Waals surface area contributed by atoms with Crippen molar-refractivity contribution < 1.29 is 14.3 Å². The van der Waals surface area contributed by atoms with E-state index in [1.54, 1.807) is 14.1 Å². The molecule has 0 unspecified atom stereocenters. The minimum absolute atomic E-state index is 0.117. The molecule has 1 rings (SSSR count). The molecular formula is C17H23N3O3. The quantitative estimate of drug-likeness (QED) is 0.457. The number of nitriles is 1. The third kappa shape index (κ3) is 4.71. The van der Waals surface area contributed by atoms with Gasteiger partial charge >= 0.3 is 5.97 Å². The van der Waals surface area contributed by atoms with Crippen molar-refractivity contribution in [2.75, 3.05) is 20.7 Å². The zero-order chi connectivity index (χ0) is 17.6. The van der Waals surface area contributed by atoms with Gasteiger partial charge in [-0.2, -0.15) is 5.26 Å². The van der Waals surface area contributed by atoms with E-state index in [4.69, 9.17) is 4.74 Å². The number of ether oxygens (including phenoxy) is 1. The number of nitrogens with zero attached hydrogens (tertiary/aromatic N) is 3. The summed E-state index contributed by atoms with van der Waals surface area (Å²) in [6, 6.07) is 3.77. The van der Waals surface area contributed by atoms with E-state index in [2.05, 4.69) is 11.5 Å². The van der Waals surface area contributed by atoms with E-state index in [1.165, 1.54) is 11.0 Å². The molecule has 0 saturated carbocycles. The minimum Gasteiger partial charge on any atom is -0.451 e. The van der Waals surface area contributed by atoms with E-state index in [9.17, 15) is 14.9 Å². The van der Waals surface area contributed by atoms with Crippen LogP contribution in [-0.4, -0.2) is 42.0 Å². The number of aryl methyl sites for hydroxylation is 1. The molecule has 0 saturated heterocycles. The Bertz CT molecular complexity index is 663. The van der Waals surface area contributed by atoms with Gasteiger partial charge in [0, 0.05) is 32.0 Å². The van der Waals surface area contributed by atoms with E-state index in [0.29, 0.717) is 0 Å². The van der Waals surface area contributed by atoms with E-state index >= 15 is 0 Å². The molecule has 0 aliphatic heterocycles. The van der Waals surface area contributed by atoms with Crippen LogP contribution >= 0.6 is 0 Å². The van der Waals surface area contributed by atoms with Crippen molar-refractivity contribution in [3.63, 3.8) is 0 Å². The Balaban J connectivity index is 2.96. The van der Waals surface area contributed by atoms with Gasteiger partial charge in [-0.3, -0.25) is 4.79 Å². The van der Waals surface area contributed by atoms with Crippen LogP contribution in [0.4, 0.5) is 0 Å². The molecule has 1 heterocycles. The summed E-state index contributed by atoms with van der Waals surface area (Å²) >= 11 is 0. The number of amides is 1. The molecule has 1 aromatic heterocycles. The lowest BCUT2D eigenvalue weighted by Crippen LogP contribution is -2.27. The second kappa shape index (κ2) is 8.18. The molecule has 6 heteroatoms. The molecule has 23 heavy (non-hydrogen) atoms. The average Bonchev–Trinajstić information content (AvgIpc) is 2.77. The summed E-state index contributed by atoms with van der Waals surface area (Å²) in [4.78, 5) is 24.7. The Hall–Kier alpha value is -2.55. The first-order valence-electron chi connectivity index (χ1n) is 7.47. The second-order valence-corrected chi connectivity index (χ2v) is 5.51. The molecule has 0 N–H and O–H groups in total. The van der Waals surface area contributed by atoms with Crippen LogP contribution < -0.4 is 0 Å². The highest BCUT2D eigenvalue weighted by Gasteiger charge is 2.15. The highest BCUT2D eigenvalue weighted by molar-refractivity contribution is 5.99. The average molecular weight is 317 g/mol. The van der Waals surface area contributed by atoms with Crippen molar-refractivity contribution in [1.82, 2.24) is 9.47 Å². The maximum Gasteiger partial charge on any atom is 0.349 e. The van der Waals surface area contributed by atoms with Gasteiger partial charge in [-0.05, 0) is 38.0 Å². The SMILES string of the molecule is CCCn1c(C)cc(/C=C(\C#N)C(=O)OCC(=O)N(C)C)c1C. The number of rotatable bonds is 6. The fourth-order valence-corrected chi connectivity index (χ4v) is 2.17. The van der Waals surface area contributed by atoms with Crippen LogP contribution in [0.1, 0.15) is 30.3 Å². The number of carbonyl (C=O) groups is 2. The first kappa shape index (κ1) is 18.5. The molecule has 0 aliphatic carbocycles. The zero-order valence-electron chi connectivity index (χ0n) is 14.3. The first-order valence-corrected chi connectivity index (χ1v) is 7.47. The predicted molar refractivity (Wildman–Crippen MR) is 87.4 cm³/mol. The highest BCUT2D eigenvalue weighted by Crippen LogP contribution is 2.19. The molecule has 0 aromatic carbocycles. The number of likely N-dealkylation sites (N-methyl/N-ethyl adjacent to an activating group) is 1. The predicted octanol–water partition coefficient (Wildman–Crippen LogP) is 2.05. The summed E-state index contributed by atoms with van der Waals surface area (Å²) in [5, 5.41) is 9.18. The molecule has 6 nitrogen and oxygen atoms in total. The number of aromatic nitrogens is 1. The molecular weight excluding hydrogens is 294 g/mol. The van der Waals surface area contributed by atoms with Gasteiger partial charge in [-0.25, -0.2) is 4.79 Å². The Morgan fingerprint density at radius 3 is 2.57 bits per heavy atom. The van der Waals surface area contributed by atoms with Crippen LogP contribution in [-0.2, 0) is 20.9 Å². The van der Waals surface area contributed by atoms with Gasteiger partial charge in [0.1, 0.15) is 11.6 Å². The summed E-state index contributed by atoms with van der Waals surface area (Å²) in [5.41, 5.74) is 2.76. The number of hydrogen-bond acceptors (Lipinski definition) is 4. The standard InChI is InChI=1S/C17H23N3O3/c1-6-7-20-12(2)8-14(13(20)3)9-15(10-18)17(22)23-11-16(21)19(4)5/h8-9H,6-7,11H2,1-5H3/b15-9+. The van der Waals surface area contributed by atoms with Gasteiger partial charge in [0.15, 0.2) is 6.61 Å². The Morgan fingerprint density at radius 2 is 2.04 bits per heavy atom. The largest absolute Gasteiger partial charge is 0.451 e. The van der Waals surface area contributed by atoms with Crippen molar-refractivity contribution in [2.24, 2.45) is 0 Å². The zero-order valence-corrected chi connectivity index (χ0v) is 14.3. The molecule has 0 atom stereocenters. The van der Waals surface area contributed by atoms with Crippen LogP contribution in [0.15, 0.2) is 11.6 Å². The van der Waals surface area contributed by atoms with Gasteiger partial charge in [0.2, 0.25) is 0 Å². The molecule has 1 aromatic rings. The van der Waals surface area contributed by atoms with Gasteiger partial charge in [-0.1, -0.05) is 6.92 Å². The lowest BCUT2D eigenvalue weighted by molar-refractivity contribution is -0.147. The topological polar surface area (TPSA) is 75.3 Å². The molecule has 0 fully saturated rings. The molecule has 0 aliphatic rings. The summed E-state index contributed by atoms with van der Waals surface area (Å²) in [6.07, 6.45) is 2.51. The molecule has 0 radical (unpaired) electrons. The third-order valence-corrected chi connectivity index (χ3v) is 3.53. The molecule has 0 spiro atoms. The van der Waals surface area contributed by atoms with Crippen LogP contribution in [0.25, 0.3) is 6.08 Å². The second-order valence-electron chi connectivity index (χ2n) is 5.51. The van der Waals surface area contributed by atoms with E-state index in [1.807, 2.05) is 26.0 Å². The lowest BCUT2D eigenvalue weighted by atomic mass is 10.1. The van der Waals surface area contributed by atoms with Crippen LogP contribution in [0.2, 0.25) is 0 Å². The van der Waals surface area contributed by atoms with Gasteiger partial charge in [-0.15, -0.1) is 0 Å². The van der Waals surface area contributed by atoms with Gasteiger partial charge < -0.3 is 14.2 Å². The number of carbonyl (C=O) groups excluding carboxylic acids is 2. The van der Waals surface area contributed by atoms with Crippen molar-refractivity contribution in [3.05, 3.63) is 28.6 Å². The fourth-order valence-electron chi connectivity index (χ4n) is 2.17. The highest BCUT2D eigenvalue weighted by atomic mass is 16.5. The van der Waals surface area contributed by atoms with Crippen molar-refractivity contribution >= 4 is 18.0 Å².